The van der Waals surface area contributed by atoms with Gasteiger partial charge in [0, 0.05) is 36.6 Å². The summed E-state index contributed by atoms with van der Waals surface area (Å²) in [5, 5.41) is 3.51. The largest absolute Gasteiger partial charge is 0.439 e. The van der Waals surface area contributed by atoms with Crippen molar-refractivity contribution in [2.75, 3.05) is 11.9 Å². The molecule has 4 nitrogen and oxygen atoms in total. The van der Waals surface area contributed by atoms with E-state index in [2.05, 4.69) is 39.6 Å². The number of pyridine rings is 2. The summed E-state index contributed by atoms with van der Waals surface area (Å²) in [6.45, 7) is 2.90. The number of fused-ring (bicyclic) bond motifs is 1. The maximum atomic E-state index is 5.95. The van der Waals surface area contributed by atoms with Gasteiger partial charge in [-0.1, -0.05) is 12.1 Å². The van der Waals surface area contributed by atoms with E-state index in [1.165, 1.54) is 24.0 Å². The molecule has 1 aromatic carbocycles. The lowest BCUT2D eigenvalue weighted by molar-refractivity contribution is 0.459. The molecule has 1 unspecified atom stereocenters. The molecule has 2 aromatic heterocycles. The fourth-order valence-corrected chi connectivity index (χ4v) is 3.57. The van der Waals surface area contributed by atoms with Gasteiger partial charge in [-0.05, 0) is 67.6 Å². The van der Waals surface area contributed by atoms with E-state index in [0.717, 1.165) is 30.1 Å². The van der Waals surface area contributed by atoms with Crippen molar-refractivity contribution in [3.05, 3.63) is 77.7 Å². The Hall–Kier alpha value is -2.88. The summed E-state index contributed by atoms with van der Waals surface area (Å²) < 4.78 is 5.95. The summed E-state index contributed by atoms with van der Waals surface area (Å²) in [4.78, 5) is 8.59. The molecule has 0 aliphatic heterocycles. The third-order valence-electron chi connectivity index (χ3n) is 4.85. The van der Waals surface area contributed by atoms with Gasteiger partial charge in [0.05, 0.1) is 5.69 Å². The van der Waals surface area contributed by atoms with Gasteiger partial charge in [-0.2, -0.15) is 0 Å². The van der Waals surface area contributed by atoms with E-state index < -0.39 is 0 Å². The first-order valence-corrected chi connectivity index (χ1v) is 9.16. The van der Waals surface area contributed by atoms with Crippen LogP contribution in [0.1, 0.15) is 35.6 Å². The van der Waals surface area contributed by atoms with Crippen molar-refractivity contribution in [1.82, 2.24) is 9.97 Å². The average molecular weight is 345 g/mol. The number of anilines is 1. The Labute approximate surface area is 154 Å². The molecular formula is C22H23N3O. The zero-order valence-electron chi connectivity index (χ0n) is 15.0. The molecule has 0 radical (unpaired) electrons. The third kappa shape index (κ3) is 3.85. The number of aryl methyl sites for hydroxylation is 2. The Morgan fingerprint density at radius 1 is 1.15 bits per heavy atom. The molecule has 132 valence electrons. The summed E-state index contributed by atoms with van der Waals surface area (Å²) >= 11 is 0. The van der Waals surface area contributed by atoms with Gasteiger partial charge in [-0.15, -0.1) is 0 Å². The highest BCUT2D eigenvalue weighted by Crippen LogP contribution is 2.34. The molecule has 0 saturated heterocycles. The van der Waals surface area contributed by atoms with Crippen LogP contribution in [0.2, 0.25) is 0 Å². The van der Waals surface area contributed by atoms with Crippen LogP contribution in [0.25, 0.3) is 0 Å². The number of benzene rings is 1. The van der Waals surface area contributed by atoms with Crippen molar-refractivity contribution >= 4 is 5.69 Å². The van der Waals surface area contributed by atoms with Gasteiger partial charge in [0.15, 0.2) is 0 Å². The Bertz CT molecular complexity index is 880. The highest BCUT2D eigenvalue weighted by molar-refractivity contribution is 5.44. The van der Waals surface area contributed by atoms with Crippen LogP contribution in [0.4, 0.5) is 5.69 Å². The number of ether oxygens (including phenoxy) is 1. The second-order valence-corrected chi connectivity index (χ2v) is 6.79. The fourth-order valence-electron chi connectivity index (χ4n) is 3.57. The van der Waals surface area contributed by atoms with E-state index in [1.807, 2.05) is 37.4 Å². The zero-order valence-corrected chi connectivity index (χ0v) is 15.0. The summed E-state index contributed by atoms with van der Waals surface area (Å²) in [6, 6.07) is 16.3. The van der Waals surface area contributed by atoms with E-state index in [9.17, 15) is 0 Å². The number of hydrogen-bond acceptors (Lipinski definition) is 4. The monoisotopic (exact) mass is 345 g/mol. The quantitative estimate of drug-likeness (QED) is 0.698. The van der Waals surface area contributed by atoms with Gasteiger partial charge in [0.2, 0.25) is 5.88 Å². The normalized spacial score (nSPS) is 16.0. The van der Waals surface area contributed by atoms with Crippen LogP contribution < -0.4 is 10.1 Å². The van der Waals surface area contributed by atoms with Crippen LogP contribution in [0, 0.1) is 6.92 Å². The molecule has 0 bridgehead atoms. The number of nitrogens with one attached hydrogen (secondary N) is 1. The lowest BCUT2D eigenvalue weighted by Crippen LogP contribution is -2.18. The first-order valence-electron chi connectivity index (χ1n) is 9.16. The fraction of sp³-hybridized carbons (Fsp3) is 0.273. The van der Waals surface area contributed by atoms with Gasteiger partial charge in [0.1, 0.15) is 5.75 Å². The first kappa shape index (κ1) is 16.6. The second-order valence-electron chi connectivity index (χ2n) is 6.79. The smallest absolute Gasteiger partial charge is 0.219 e. The summed E-state index contributed by atoms with van der Waals surface area (Å²) in [7, 11) is 0. The van der Waals surface area contributed by atoms with Crippen LogP contribution in [0.15, 0.2) is 60.9 Å². The maximum absolute atomic E-state index is 5.95. The Morgan fingerprint density at radius 2 is 2.12 bits per heavy atom. The maximum Gasteiger partial charge on any atom is 0.219 e. The lowest BCUT2D eigenvalue weighted by Gasteiger charge is -2.26. The van der Waals surface area contributed by atoms with Gasteiger partial charge in [-0.3, -0.25) is 4.98 Å². The van der Waals surface area contributed by atoms with E-state index in [1.54, 1.807) is 6.20 Å². The molecule has 1 aliphatic carbocycles. The predicted octanol–water partition coefficient (Wildman–Crippen LogP) is 5.11. The predicted molar refractivity (Wildman–Crippen MR) is 104 cm³/mol. The number of hydrogen-bond donors (Lipinski definition) is 1. The van der Waals surface area contributed by atoms with E-state index >= 15 is 0 Å². The van der Waals surface area contributed by atoms with Gasteiger partial charge in [-0.25, -0.2) is 4.98 Å². The molecule has 3 aromatic rings. The molecule has 1 N–H and O–H groups in total. The molecule has 2 heterocycles. The van der Waals surface area contributed by atoms with Gasteiger partial charge in [0.25, 0.3) is 0 Å². The van der Waals surface area contributed by atoms with Crippen LogP contribution in [-0.4, -0.2) is 16.5 Å². The number of nitrogens with zero attached hydrogens (tertiary/aromatic N) is 2. The molecule has 0 amide bonds. The standard InChI is InChI=1S/C22H23N3O/c1-16-5-2-9-22(25-16)26-20-10-11-21-17(13-20)6-3-7-18(21)14-24-19-8-4-12-23-15-19/h2,4-5,8-13,15,18,24H,3,6-7,14H2,1H3. The Balaban J connectivity index is 1.48. The molecular weight excluding hydrogens is 322 g/mol. The number of aromatic nitrogens is 2. The van der Waals surface area contributed by atoms with Crippen LogP contribution in [-0.2, 0) is 6.42 Å². The van der Waals surface area contributed by atoms with Crippen molar-refractivity contribution in [3.63, 3.8) is 0 Å². The Morgan fingerprint density at radius 3 is 2.96 bits per heavy atom. The summed E-state index contributed by atoms with van der Waals surface area (Å²) in [5.74, 6) is 2.03. The lowest BCUT2D eigenvalue weighted by atomic mass is 9.82. The Kier molecular flexibility index (Phi) is 4.82. The van der Waals surface area contributed by atoms with Gasteiger partial charge >= 0.3 is 0 Å². The molecule has 0 saturated carbocycles. The molecule has 1 aliphatic rings. The molecule has 1 atom stereocenters. The third-order valence-corrected chi connectivity index (χ3v) is 4.85. The number of rotatable bonds is 5. The van der Waals surface area contributed by atoms with Crippen LogP contribution in [0.5, 0.6) is 11.6 Å². The van der Waals surface area contributed by atoms with E-state index in [4.69, 9.17) is 4.74 Å². The summed E-state index contributed by atoms with van der Waals surface area (Å²) in [5.41, 5.74) is 4.85. The second kappa shape index (κ2) is 7.56. The molecule has 4 heteroatoms. The minimum Gasteiger partial charge on any atom is -0.439 e. The van der Waals surface area contributed by atoms with Crippen molar-refractivity contribution in [3.8, 4) is 11.6 Å². The van der Waals surface area contributed by atoms with Crippen molar-refractivity contribution < 1.29 is 4.74 Å². The topological polar surface area (TPSA) is 47.0 Å². The minimum atomic E-state index is 0.519. The molecule has 0 spiro atoms. The highest BCUT2D eigenvalue weighted by atomic mass is 16.5. The molecule has 4 rings (SSSR count). The van der Waals surface area contributed by atoms with E-state index in [0.29, 0.717) is 11.8 Å². The van der Waals surface area contributed by atoms with E-state index in [-0.39, 0.29) is 0 Å². The van der Waals surface area contributed by atoms with Crippen LogP contribution >= 0.6 is 0 Å². The molecule has 0 fully saturated rings. The highest BCUT2D eigenvalue weighted by Gasteiger charge is 2.20. The minimum absolute atomic E-state index is 0.519. The average Bonchev–Trinajstić information content (AvgIpc) is 2.67. The summed E-state index contributed by atoms with van der Waals surface area (Å²) in [6.07, 6.45) is 7.19. The van der Waals surface area contributed by atoms with Crippen molar-refractivity contribution in [2.24, 2.45) is 0 Å². The SMILES string of the molecule is Cc1cccc(Oc2ccc3c(c2)CCCC3CNc2cccnc2)n1. The molecule has 26 heavy (non-hydrogen) atoms. The van der Waals surface area contributed by atoms with Gasteiger partial charge < -0.3 is 10.1 Å². The zero-order chi connectivity index (χ0) is 17.8. The van der Waals surface area contributed by atoms with Crippen LogP contribution in [0.3, 0.4) is 0 Å². The van der Waals surface area contributed by atoms with Crippen molar-refractivity contribution in [1.29, 1.82) is 0 Å². The first-order chi connectivity index (χ1) is 12.8. The van der Waals surface area contributed by atoms with Crippen molar-refractivity contribution in [2.45, 2.75) is 32.1 Å².